The summed E-state index contributed by atoms with van der Waals surface area (Å²) in [6, 6.07) is 7.03. The first-order valence-corrected chi connectivity index (χ1v) is 8.47. The molecule has 0 atom stereocenters. The van der Waals surface area contributed by atoms with Gasteiger partial charge in [-0.3, -0.25) is 4.79 Å². The molecule has 1 heterocycles. The molecule has 0 radical (unpaired) electrons. The quantitative estimate of drug-likeness (QED) is 0.870. The minimum absolute atomic E-state index is 0.0895. The molecule has 0 unspecified atom stereocenters. The molecule has 1 amide bonds. The first-order chi connectivity index (χ1) is 9.94. The minimum atomic E-state index is -3.48. The van der Waals surface area contributed by atoms with E-state index < -0.39 is 10.0 Å². The molecule has 1 aromatic carbocycles. The molecular formula is C14H21N3O3S. The summed E-state index contributed by atoms with van der Waals surface area (Å²) < 4.78 is 26.3. The van der Waals surface area contributed by atoms with E-state index >= 15 is 0 Å². The molecule has 1 saturated heterocycles. The number of sulfonamides is 1. The lowest BCUT2D eigenvalue weighted by Crippen LogP contribution is -2.41. The Balaban J connectivity index is 2.10. The van der Waals surface area contributed by atoms with Crippen molar-refractivity contribution in [3.05, 3.63) is 24.3 Å². The largest absolute Gasteiger partial charge is 0.381 e. The summed E-state index contributed by atoms with van der Waals surface area (Å²) in [7, 11) is -2.08. The third-order valence-electron chi connectivity index (χ3n) is 3.75. The third-order valence-corrected chi connectivity index (χ3v) is 5.22. The zero-order chi connectivity index (χ0) is 15.5. The fraction of sp³-hybridized carbons (Fsp3) is 0.500. The lowest BCUT2D eigenvalue weighted by atomic mass is 10.0. The van der Waals surface area contributed by atoms with Gasteiger partial charge in [-0.25, -0.2) is 13.1 Å². The summed E-state index contributed by atoms with van der Waals surface area (Å²) in [6.45, 7) is 2.98. The van der Waals surface area contributed by atoms with Gasteiger partial charge in [-0.1, -0.05) is 12.1 Å². The van der Waals surface area contributed by atoms with Gasteiger partial charge in [0.25, 0.3) is 0 Å². The first-order valence-electron chi connectivity index (χ1n) is 6.98. The van der Waals surface area contributed by atoms with Crippen molar-refractivity contribution in [1.29, 1.82) is 0 Å². The second-order valence-electron chi connectivity index (χ2n) is 5.13. The number of anilines is 1. The van der Waals surface area contributed by atoms with Gasteiger partial charge in [0.05, 0.1) is 5.69 Å². The van der Waals surface area contributed by atoms with Gasteiger partial charge in [0.2, 0.25) is 15.9 Å². The Hall–Kier alpha value is -1.60. The van der Waals surface area contributed by atoms with Crippen LogP contribution in [0.3, 0.4) is 0 Å². The smallest absolute Gasteiger partial charge is 0.242 e. The van der Waals surface area contributed by atoms with Crippen molar-refractivity contribution in [3.8, 4) is 0 Å². The van der Waals surface area contributed by atoms with Crippen LogP contribution >= 0.6 is 0 Å². The van der Waals surface area contributed by atoms with Crippen molar-refractivity contribution in [3.63, 3.8) is 0 Å². The van der Waals surface area contributed by atoms with Crippen molar-refractivity contribution in [1.82, 2.24) is 9.62 Å². The molecule has 1 fully saturated rings. The van der Waals surface area contributed by atoms with Gasteiger partial charge in [-0.2, -0.15) is 0 Å². The second-order valence-corrected chi connectivity index (χ2v) is 6.98. The fourth-order valence-electron chi connectivity index (χ4n) is 2.49. The van der Waals surface area contributed by atoms with E-state index in [-0.39, 0.29) is 16.8 Å². The highest BCUT2D eigenvalue weighted by Gasteiger charge is 2.23. The van der Waals surface area contributed by atoms with Gasteiger partial charge >= 0.3 is 0 Å². The third kappa shape index (κ3) is 3.74. The lowest BCUT2D eigenvalue weighted by Gasteiger charge is -2.32. The average Bonchev–Trinajstić information content (AvgIpc) is 2.48. The van der Waals surface area contributed by atoms with Crippen LogP contribution in [-0.2, 0) is 14.8 Å². The van der Waals surface area contributed by atoms with Crippen LogP contribution in [0.4, 0.5) is 5.69 Å². The number of nitrogens with one attached hydrogen (secondary N) is 2. The van der Waals surface area contributed by atoms with Crippen LogP contribution in [0.5, 0.6) is 0 Å². The predicted molar refractivity (Wildman–Crippen MR) is 81.6 cm³/mol. The minimum Gasteiger partial charge on any atom is -0.381 e. The topological polar surface area (TPSA) is 78.5 Å². The number of carbonyl (C=O) groups is 1. The highest BCUT2D eigenvalue weighted by Crippen LogP contribution is 2.23. The Bertz CT molecular complexity index is 608. The molecule has 0 bridgehead atoms. The number of hydrogen-bond donors (Lipinski definition) is 2. The summed E-state index contributed by atoms with van der Waals surface area (Å²) in [5.41, 5.74) is 0.605. The predicted octanol–water partition coefficient (Wildman–Crippen LogP) is 1.02. The number of likely N-dealkylation sites (tertiary alicyclic amines) is 1. The van der Waals surface area contributed by atoms with Crippen molar-refractivity contribution >= 4 is 21.6 Å². The molecule has 7 heteroatoms. The van der Waals surface area contributed by atoms with E-state index in [1.54, 1.807) is 25.1 Å². The number of benzene rings is 1. The molecule has 0 spiro atoms. The maximum atomic E-state index is 12.0. The second kappa shape index (κ2) is 6.44. The SMILES string of the molecule is CNS(=O)(=O)c1ccccc1NC1CCN(C(C)=O)CC1. The Kier molecular flexibility index (Phi) is 4.84. The number of para-hydroxylation sites is 1. The summed E-state index contributed by atoms with van der Waals surface area (Å²) in [4.78, 5) is 13.4. The molecule has 116 valence electrons. The maximum Gasteiger partial charge on any atom is 0.242 e. The highest BCUT2D eigenvalue weighted by atomic mass is 32.2. The average molecular weight is 311 g/mol. The maximum absolute atomic E-state index is 12.0. The van der Waals surface area contributed by atoms with Crippen LogP contribution in [0.2, 0.25) is 0 Å². The number of amides is 1. The van der Waals surface area contributed by atoms with E-state index in [1.165, 1.54) is 7.05 Å². The van der Waals surface area contributed by atoms with Crippen LogP contribution in [0.25, 0.3) is 0 Å². The Morgan fingerprint density at radius 2 is 1.86 bits per heavy atom. The number of nitrogens with zero attached hydrogens (tertiary/aromatic N) is 1. The molecule has 6 nitrogen and oxygen atoms in total. The van der Waals surface area contributed by atoms with Gasteiger partial charge in [0, 0.05) is 26.1 Å². The van der Waals surface area contributed by atoms with Crippen LogP contribution in [0, 0.1) is 0 Å². The van der Waals surface area contributed by atoms with Gasteiger partial charge < -0.3 is 10.2 Å². The van der Waals surface area contributed by atoms with Crippen LogP contribution in [0.15, 0.2) is 29.2 Å². The molecule has 1 aliphatic heterocycles. The van der Waals surface area contributed by atoms with E-state index in [4.69, 9.17) is 0 Å². The Morgan fingerprint density at radius 3 is 2.43 bits per heavy atom. The zero-order valence-corrected chi connectivity index (χ0v) is 13.1. The Labute approximate surface area is 125 Å². The van der Waals surface area contributed by atoms with E-state index in [0.717, 1.165) is 12.8 Å². The fourth-order valence-corrected chi connectivity index (χ4v) is 3.38. The van der Waals surface area contributed by atoms with Gasteiger partial charge in [-0.15, -0.1) is 0 Å². The van der Waals surface area contributed by atoms with Crippen LogP contribution in [-0.4, -0.2) is 45.4 Å². The van der Waals surface area contributed by atoms with E-state index in [2.05, 4.69) is 10.0 Å². The zero-order valence-electron chi connectivity index (χ0n) is 12.3. The Morgan fingerprint density at radius 1 is 1.24 bits per heavy atom. The molecule has 1 aromatic rings. The number of rotatable bonds is 4. The molecule has 0 aromatic heterocycles. The first kappa shape index (κ1) is 15.8. The van der Waals surface area contributed by atoms with Gasteiger partial charge in [-0.05, 0) is 32.0 Å². The molecular weight excluding hydrogens is 290 g/mol. The molecule has 1 aliphatic rings. The van der Waals surface area contributed by atoms with Gasteiger partial charge in [0.15, 0.2) is 0 Å². The van der Waals surface area contributed by atoms with Crippen LogP contribution < -0.4 is 10.0 Å². The van der Waals surface area contributed by atoms with Crippen molar-refractivity contribution < 1.29 is 13.2 Å². The van der Waals surface area contributed by atoms with Crippen LogP contribution in [0.1, 0.15) is 19.8 Å². The highest BCUT2D eigenvalue weighted by molar-refractivity contribution is 7.89. The summed E-state index contributed by atoms with van der Waals surface area (Å²) in [5.74, 6) is 0.0895. The van der Waals surface area contributed by atoms with Crippen molar-refractivity contribution in [2.24, 2.45) is 0 Å². The lowest BCUT2D eigenvalue weighted by molar-refractivity contribution is -0.129. The molecule has 0 saturated carbocycles. The molecule has 2 rings (SSSR count). The summed E-state index contributed by atoms with van der Waals surface area (Å²) in [5, 5.41) is 3.29. The van der Waals surface area contributed by atoms with E-state index in [0.29, 0.717) is 18.8 Å². The van der Waals surface area contributed by atoms with E-state index in [9.17, 15) is 13.2 Å². The van der Waals surface area contributed by atoms with Crippen molar-refractivity contribution in [2.75, 3.05) is 25.5 Å². The number of hydrogen-bond acceptors (Lipinski definition) is 4. The monoisotopic (exact) mass is 311 g/mol. The van der Waals surface area contributed by atoms with Gasteiger partial charge in [0.1, 0.15) is 4.90 Å². The summed E-state index contributed by atoms with van der Waals surface area (Å²) >= 11 is 0. The standard InChI is InChI=1S/C14H21N3O3S/c1-11(18)17-9-7-12(8-10-17)16-13-5-3-4-6-14(13)21(19,20)15-2/h3-6,12,15-16H,7-10H2,1-2H3. The summed E-state index contributed by atoms with van der Waals surface area (Å²) in [6.07, 6.45) is 1.63. The molecule has 2 N–H and O–H groups in total. The molecule has 0 aliphatic carbocycles. The number of carbonyl (C=O) groups excluding carboxylic acids is 1. The van der Waals surface area contributed by atoms with Crippen molar-refractivity contribution in [2.45, 2.75) is 30.7 Å². The molecule has 21 heavy (non-hydrogen) atoms. The normalized spacial score (nSPS) is 16.8. The number of piperidine rings is 1. The van der Waals surface area contributed by atoms with E-state index in [1.807, 2.05) is 11.0 Å².